The minimum absolute atomic E-state index is 0.211. The summed E-state index contributed by atoms with van der Waals surface area (Å²) in [5.74, 6) is 1.00. The van der Waals surface area contributed by atoms with Gasteiger partial charge in [-0.3, -0.25) is 4.79 Å². The van der Waals surface area contributed by atoms with Crippen molar-refractivity contribution in [2.24, 2.45) is 0 Å². The van der Waals surface area contributed by atoms with Gasteiger partial charge in [-0.25, -0.2) is 0 Å². The molecule has 0 bridgehead atoms. The molecule has 0 spiro atoms. The van der Waals surface area contributed by atoms with Gasteiger partial charge in [0.1, 0.15) is 11.5 Å². The van der Waals surface area contributed by atoms with Crippen LogP contribution in [0.2, 0.25) is 0 Å². The third kappa shape index (κ3) is 3.24. The van der Waals surface area contributed by atoms with E-state index in [4.69, 9.17) is 4.74 Å². The molecule has 0 fully saturated rings. The molecule has 0 atom stereocenters. The first-order valence-corrected chi connectivity index (χ1v) is 5.01. The number of allylic oxidation sites excluding steroid dienone is 1. The zero-order valence-electron chi connectivity index (χ0n) is 9.25. The van der Waals surface area contributed by atoms with Crippen molar-refractivity contribution in [3.05, 3.63) is 36.4 Å². The maximum Gasteiger partial charge on any atom is 0.136 e. The van der Waals surface area contributed by atoms with Crippen LogP contribution < -0.4 is 4.74 Å². The number of carbonyl (C=O) groups excluding carboxylic acids is 1. The minimum atomic E-state index is 0.211. The summed E-state index contributed by atoms with van der Waals surface area (Å²) < 4.78 is 5.11. The number of Topliss-reactive ketones (excluding diaryl/α,β-unsaturated/α-hetero) is 1. The fourth-order valence-corrected chi connectivity index (χ4v) is 1.31. The summed E-state index contributed by atoms with van der Waals surface area (Å²) in [6, 6.07) is 7.60. The minimum Gasteiger partial charge on any atom is -0.497 e. The quantitative estimate of drug-likeness (QED) is 0.736. The number of carbonyl (C=O) groups is 1. The maximum absolute atomic E-state index is 11.3. The summed E-state index contributed by atoms with van der Waals surface area (Å²) in [5.41, 5.74) is 1.82. The first-order chi connectivity index (χ1) is 7.17. The first kappa shape index (κ1) is 11.5. The lowest BCUT2D eigenvalue weighted by molar-refractivity contribution is -0.117. The van der Waals surface area contributed by atoms with Crippen molar-refractivity contribution in [2.75, 3.05) is 7.11 Å². The second kappa shape index (κ2) is 5.35. The average Bonchev–Trinajstić information content (AvgIpc) is 2.28. The molecule has 0 aromatic heterocycles. The van der Waals surface area contributed by atoms with Crippen LogP contribution in [0.15, 0.2) is 30.8 Å². The summed E-state index contributed by atoms with van der Waals surface area (Å²) in [4.78, 5) is 11.3. The molecule has 0 radical (unpaired) electrons. The summed E-state index contributed by atoms with van der Waals surface area (Å²) in [7, 11) is 1.62. The molecule has 1 aromatic carbocycles. The second-order valence-corrected chi connectivity index (χ2v) is 3.40. The molecule has 0 aliphatic carbocycles. The summed E-state index contributed by atoms with van der Waals surface area (Å²) in [6.07, 6.45) is 0.979. The van der Waals surface area contributed by atoms with Crippen molar-refractivity contribution in [3.63, 3.8) is 0 Å². The molecule has 0 saturated carbocycles. The molecule has 0 saturated heterocycles. The lowest BCUT2D eigenvalue weighted by Crippen LogP contribution is -1.96. The van der Waals surface area contributed by atoms with E-state index in [9.17, 15) is 4.79 Å². The van der Waals surface area contributed by atoms with Crippen LogP contribution in [0.25, 0.3) is 5.57 Å². The molecule has 0 unspecified atom stereocenters. The Morgan fingerprint density at radius 2 is 2.20 bits per heavy atom. The van der Waals surface area contributed by atoms with Crippen molar-refractivity contribution < 1.29 is 9.53 Å². The van der Waals surface area contributed by atoms with Gasteiger partial charge in [-0.1, -0.05) is 25.6 Å². The van der Waals surface area contributed by atoms with E-state index in [1.807, 2.05) is 31.2 Å². The molecule has 0 aliphatic rings. The highest BCUT2D eigenvalue weighted by Gasteiger charge is 2.05. The third-order valence-electron chi connectivity index (χ3n) is 2.28. The van der Waals surface area contributed by atoms with Crippen LogP contribution in [-0.2, 0) is 4.79 Å². The highest BCUT2D eigenvalue weighted by atomic mass is 16.5. The molecule has 0 N–H and O–H groups in total. The fraction of sp³-hybridized carbons (Fsp3) is 0.308. The van der Waals surface area contributed by atoms with Gasteiger partial charge in [0.15, 0.2) is 0 Å². The Labute approximate surface area is 90.6 Å². The number of rotatable bonds is 5. The van der Waals surface area contributed by atoms with Crippen molar-refractivity contribution >= 4 is 11.4 Å². The van der Waals surface area contributed by atoms with Crippen LogP contribution >= 0.6 is 0 Å². The van der Waals surface area contributed by atoms with Crippen LogP contribution in [0.1, 0.15) is 25.3 Å². The number of benzene rings is 1. The van der Waals surface area contributed by atoms with Gasteiger partial charge in [-0.05, 0) is 23.3 Å². The SMILES string of the molecule is C=C(CC(=O)CC)c1cccc(OC)c1. The number of ether oxygens (including phenoxy) is 1. The number of hydrogen-bond acceptors (Lipinski definition) is 2. The van der Waals surface area contributed by atoms with Crippen LogP contribution in [0, 0.1) is 0 Å². The van der Waals surface area contributed by atoms with Gasteiger partial charge in [0.2, 0.25) is 0 Å². The molecular weight excluding hydrogens is 188 g/mol. The Bertz CT molecular complexity index is 367. The topological polar surface area (TPSA) is 26.3 Å². The predicted octanol–water partition coefficient (Wildman–Crippen LogP) is 3.08. The standard InChI is InChI=1S/C13H16O2/c1-4-12(14)8-10(2)11-6-5-7-13(9-11)15-3/h5-7,9H,2,4,8H2,1,3H3. The maximum atomic E-state index is 11.3. The van der Waals surface area contributed by atoms with Crippen molar-refractivity contribution in [3.8, 4) is 5.75 Å². The smallest absolute Gasteiger partial charge is 0.136 e. The normalized spacial score (nSPS) is 9.73. The van der Waals surface area contributed by atoms with Crippen LogP contribution in [0.3, 0.4) is 0 Å². The highest BCUT2D eigenvalue weighted by molar-refractivity contribution is 5.89. The van der Waals surface area contributed by atoms with Crippen LogP contribution in [0.4, 0.5) is 0 Å². The van der Waals surface area contributed by atoms with Gasteiger partial charge in [0, 0.05) is 12.8 Å². The van der Waals surface area contributed by atoms with Gasteiger partial charge in [0.25, 0.3) is 0 Å². The Kier molecular flexibility index (Phi) is 4.10. The van der Waals surface area contributed by atoms with E-state index >= 15 is 0 Å². The molecule has 0 heterocycles. The molecule has 2 nitrogen and oxygen atoms in total. The highest BCUT2D eigenvalue weighted by Crippen LogP contribution is 2.21. The first-order valence-electron chi connectivity index (χ1n) is 5.01. The van der Waals surface area contributed by atoms with Gasteiger partial charge in [0.05, 0.1) is 7.11 Å². The Balaban J connectivity index is 2.77. The second-order valence-electron chi connectivity index (χ2n) is 3.40. The molecule has 2 heteroatoms. The zero-order chi connectivity index (χ0) is 11.3. The zero-order valence-corrected chi connectivity index (χ0v) is 9.25. The predicted molar refractivity (Wildman–Crippen MR) is 61.9 cm³/mol. The summed E-state index contributed by atoms with van der Waals surface area (Å²) in [5, 5.41) is 0. The summed E-state index contributed by atoms with van der Waals surface area (Å²) >= 11 is 0. The van der Waals surface area contributed by atoms with E-state index in [1.54, 1.807) is 7.11 Å². The molecule has 15 heavy (non-hydrogen) atoms. The van der Waals surface area contributed by atoms with E-state index in [1.165, 1.54) is 0 Å². The fourth-order valence-electron chi connectivity index (χ4n) is 1.31. The van der Waals surface area contributed by atoms with E-state index in [0.29, 0.717) is 12.8 Å². The number of hydrogen-bond donors (Lipinski definition) is 0. The molecule has 0 amide bonds. The Morgan fingerprint density at radius 3 is 2.80 bits per heavy atom. The van der Waals surface area contributed by atoms with Crippen molar-refractivity contribution in [1.82, 2.24) is 0 Å². The molecule has 1 aromatic rings. The van der Waals surface area contributed by atoms with Crippen LogP contribution in [-0.4, -0.2) is 12.9 Å². The molecule has 1 rings (SSSR count). The van der Waals surface area contributed by atoms with E-state index in [2.05, 4.69) is 6.58 Å². The molecular formula is C13H16O2. The lowest BCUT2D eigenvalue weighted by atomic mass is 10.0. The largest absolute Gasteiger partial charge is 0.497 e. The average molecular weight is 204 g/mol. The Morgan fingerprint density at radius 1 is 1.47 bits per heavy atom. The van der Waals surface area contributed by atoms with E-state index in [-0.39, 0.29) is 5.78 Å². The Hall–Kier alpha value is -1.57. The number of methoxy groups -OCH3 is 1. The lowest BCUT2D eigenvalue weighted by Gasteiger charge is -2.06. The summed E-state index contributed by atoms with van der Waals surface area (Å²) in [6.45, 7) is 5.77. The molecule has 0 aliphatic heterocycles. The van der Waals surface area contributed by atoms with E-state index < -0.39 is 0 Å². The van der Waals surface area contributed by atoms with E-state index in [0.717, 1.165) is 16.9 Å². The molecule has 80 valence electrons. The van der Waals surface area contributed by atoms with Crippen molar-refractivity contribution in [2.45, 2.75) is 19.8 Å². The van der Waals surface area contributed by atoms with Gasteiger partial charge >= 0.3 is 0 Å². The van der Waals surface area contributed by atoms with Gasteiger partial charge in [-0.15, -0.1) is 0 Å². The van der Waals surface area contributed by atoms with Crippen LogP contribution in [0.5, 0.6) is 5.75 Å². The third-order valence-corrected chi connectivity index (χ3v) is 2.28. The monoisotopic (exact) mass is 204 g/mol. The van der Waals surface area contributed by atoms with Gasteiger partial charge in [-0.2, -0.15) is 0 Å². The van der Waals surface area contributed by atoms with Gasteiger partial charge < -0.3 is 4.74 Å². The number of ketones is 1. The van der Waals surface area contributed by atoms with Crippen molar-refractivity contribution in [1.29, 1.82) is 0 Å².